The van der Waals surface area contributed by atoms with Gasteiger partial charge in [0.15, 0.2) is 5.65 Å². The molecule has 0 fully saturated rings. The summed E-state index contributed by atoms with van der Waals surface area (Å²) >= 11 is 0. The van der Waals surface area contributed by atoms with E-state index in [1.165, 1.54) is 0 Å². The third-order valence-electron chi connectivity index (χ3n) is 2.50. The van der Waals surface area contributed by atoms with Crippen molar-refractivity contribution >= 4 is 16.6 Å². The van der Waals surface area contributed by atoms with E-state index in [1.54, 1.807) is 4.52 Å². The van der Waals surface area contributed by atoms with Crippen LogP contribution in [0.3, 0.4) is 0 Å². The topological polar surface area (TPSA) is 69.1 Å². The van der Waals surface area contributed by atoms with E-state index < -0.39 is 0 Å². The minimum atomic E-state index is 0.490. The third kappa shape index (κ3) is 1.10. The van der Waals surface area contributed by atoms with Gasteiger partial charge in [-0.3, -0.25) is 0 Å². The zero-order chi connectivity index (χ0) is 10.3. The Hall–Kier alpha value is -2.01. The number of para-hydroxylation sites is 1. The minimum absolute atomic E-state index is 0.490. The maximum absolute atomic E-state index is 5.70. The average molecular weight is 199 g/mol. The van der Waals surface area contributed by atoms with Gasteiger partial charge in [0.25, 0.3) is 0 Å². The first kappa shape index (κ1) is 8.31. The fourth-order valence-corrected chi connectivity index (χ4v) is 1.79. The summed E-state index contributed by atoms with van der Waals surface area (Å²) in [7, 11) is 0. The van der Waals surface area contributed by atoms with Crippen LogP contribution in [0.15, 0.2) is 30.3 Å². The number of benzene rings is 1. The van der Waals surface area contributed by atoms with Gasteiger partial charge in [0.1, 0.15) is 0 Å². The van der Waals surface area contributed by atoms with Crippen molar-refractivity contribution in [2.75, 3.05) is 0 Å². The highest BCUT2D eigenvalue weighted by molar-refractivity contribution is 5.84. The fourth-order valence-electron chi connectivity index (χ4n) is 1.79. The Labute approximate surface area is 85.5 Å². The predicted octanol–water partition coefficient (Wildman–Crippen LogP) is 0.736. The number of pyridine rings is 1. The summed E-state index contributed by atoms with van der Waals surface area (Å²) in [4.78, 5) is 0. The Balaban J connectivity index is 2.58. The minimum Gasteiger partial charge on any atom is -0.326 e. The number of hydrogen-bond acceptors (Lipinski definition) is 4. The summed E-state index contributed by atoms with van der Waals surface area (Å²) in [5.74, 6) is 0. The van der Waals surface area contributed by atoms with Gasteiger partial charge in [-0.1, -0.05) is 18.2 Å². The smallest absolute Gasteiger partial charge is 0.180 e. The molecule has 2 heterocycles. The van der Waals surface area contributed by atoms with Crippen LogP contribution in [0.2, 0.25) is 0 Å². The Morgan fingerprint density at radius 2 is 2.13 bits per heavy atom. The monoisotopic (exact) mass is 199 g/mol. The van der Waals surface area contributed by atoms with Crippen molar-refractivity contribution < 1.29 is 0 Å². The maximum atomic E-state index is 5.70. The summed E-state index contributed by atoms with van der Waals surface area (Å²) < 4.78 is 1.72. The molecule has 0 saturated carbocycles. The van der Waals surface area contributed by atoms with Crippen LogP contribution in [0.4, 0.5) is 0 Å². The van der Waals surface area contributed by atoms with E-state index in [0.717, 1.165) is 22.1 Å². The summed E-state index contributed by atoms with van der Waals surface area (Å²) in [6.45, 7) is 0.490. The van der Waals surface area contributed by atoms with Crippen molar-refractivity contribution in [3.8, 4) is 0 Å². The van der Waals surface area contributed by atoms with Crippen LogP contribution in [0.25, 0.3) is 16.6 Å². The molecule has 74 valence electrons. The molecule has 0 aliphatic carbocycles. The average Bonchev–Trinajstić information content (AvgIpc) is 2.76. The van der Waals surface area contributed by atoms with Crippen LogP contribution in [-0.2, 0) is 6.54 Å². The van der Waals surface area contributed by atoms with Crippen molar-refractivity contribution in [2.24, 2.45) is 5.73 Å². The van der Waals surface area contributed by atoms with Gasteiger partial charge >= 0.3 is 0 Å². The SMILES string of the molecule is NCc1cc2nnnn2c2ccccc12. The second-order valence-electron chi connectivity index (χ2n) is 3.34. The number of aromatic nitrogens is 4. The maximum Gasteiger partial charge on any atom is 0.180 e. The van der Waals surface area contributed by atoms with Gasteiger partial charge in [0.2, 0.25) is 0 Å². The quantitative estimate of drug-likeness (QED) is 0.627. The number of rotatable bonds is 1. The Kier molecular flexibility index (Phi) is 1.66. The van der Waals surface area contributed by atoms with Crippen molar-refractivity contribution in [1.82, 2.24) is 20.0 Å². The van der Waals surface area contributed by atoms with Crippen LogP contribution >= 0.6 is 0 Å². The molecule has 0 unspecified atom stereocenters. The molecular formula is C10H9N5. The molecule has 0 bridgehead atoms. The normalized spacial score (nSPS) is 11.3. The van der Waals surface area contributed by atoms with Gasteiger partial charge in [0, 0.05) is 11.9 Å². The van der Waals surface area contributed by atoms with Gasteiger partial charge in [-0.05, 0) is 28.1 Å². The van der Waals surface area contributed by atoms with E-state index in [0.29, 0.717) is 6.54 Å². The summed E-state index contributed by atoms with van der Waals surface area (Å²) in [6, 6.07) is 9.88. The molecule has 3 aromatic rings. The van der Waals surface area contributed by atoms with E-state index in [2.05, 4.69) is 15.5 Å². The van der Waals surface area contributed by atoms with Crippen molar-refractivity contribution in [3.63, 3.8) is 0 Å². The van der Waals surface area contributed by atoms with Crippen LogP contribution in [0.5, 0.6) is 0 Å². The van der Waals surface area contributed by atoms with Gasteiger partial charge in [-0.2, -0.15) is 4.52 Å². The lowest BCUT2D eigenvalue weighted by atomic mass is 10.1. The van der Waals surface area contributed by atoms with E-state index >= 15 is 0 Å². The number of tetrazole rings is 1. The molecule has 0 atom stereocenters. The number of fused-ring (bicyclic) bond motifs is 3. The molecule has 0 radical (unpaired) electrons. The summed E-state index contributed by atoms with van der Waals surface area (Å²) in [6.07, 6.45) is 0. The van der Waals surface area contributed by atoms with Gasteiger partial charge < -0.3 is 5.73 Å². The number of nitrogens with two attached hydrogens (primary N) is 1. The highest BCUT2D eigenvalue weighted by atomic mass is 15.5. The van der Waals surface area contributed by atoms with Crippen LogP contribution < -0.4 is 5.73 Å². The molecule has 2 aromatic heterocycles. The molecule has 5 nitrogen and oxygen atoms in total. The second-order valence-corrected chi connectivity index (χ2v) is 3.34. The van der Waals surface area contributed by atoms with Crippen LogP contribution in [-0.4, -0.2) is 20.0 Å². The van der Waals surface area contributed by atoms with Gasteiger partial charge in [-0.25, -0.2) is 0 Å². The van der Waals surface area contributed by atoms with Crippen molar-refractivity contribution in [3.05, 3.63) is 35.9 Å². The van der Waals surface area contributed by atoms with Crippen molar-refractivity contribution in [2.45, 2.75) is 6.54 Å². The zero-order valence-electron chi connectivity index (χ0n) is 7.96. The molecule has 0 spiro atoms. The van der Waals surface area contributed by atoms with E-state index in [4.69, 9.17) is 5.73 Å². The predicted molar refractivity (Wildman–Crippen MR) is 56.2 cm³/mol. The number of hydrogen-bond donors (Lipinski definition) is 1. The van der Waals surface area contributed by atoms with Gasteiger partial charge in [-0.15, -0.1) is 5.10 Å². The van der Waals surface area contributed by atoms with Crippen LogP contribution in [0, 0.1) is 0 Å². The summed E-state index contributed by atoms with van der Waals surface area (Å²) in [5.41, 5.74) is 8.48. The molecule has 1 aromatic carbocycles. The molecule has 15 heavy (non-hydrogen) atoms. The molecule has 0 aliphatic rings. The highest BCUT2D eigenvalue weighted by Crippen LogP contribution is 2.19. The van der Waals surface area contributed by atoms with E-state index in [9.17, 15) is 0 Å². The third-order valence-corrected chi connectivity index (χ3v) is 2.50. The Bertz CT molecular complexity index is 628. The van der Waals surface area contributed by atoms with E-state index in [1.807, 2.05) is 30.3 Å². The first-order valence-electron chi connectivity index (χ1n) is 4.69. The first-order chi connectivity index (χ1) is 7.40. The Morgan fingerprint density at radius 1 is 1.27 bits per heavy atom. The molecule has 3 rings (SSSR count). The largest absolute Gasteiger partial charge is 0.326 e. The van der Waals surface area contributed by atoms with Gasteiger partial charge in [0.05, 0.1) is 5.52 Å². The van der Waals surface area contributed by atoms with E-state index in [-0.39, 0.29) is 0 Å². The lowest BCUT2D eigenvalue weighted by Gasteiger charge is -2.04. The molecule has 0 amide bonds. The molecule has 0 aliphatic heterocycles. The fraction of sp³-hybridized carbons (Fsp3) is 0.100. The lowest BCUT2D eigenvalue weighted by Crippen LogP contribution is -2.00. The standard InChI is InChI=1S/C10H9N5/c11-6-7-5-10-12-13-14-15(10)9-4-2-1-3-8(7)9/h1-5H,6,11H2. The molecule has 2 N–H and O–H groups in total. The summed E-state index contributed by atoms with van der Waals surface area (Å²) in [5, 5.41) is 12.6. The Morgan fingerprint density at radius 3 is 3.00 bits per heavy atom. The van der Waals surface area contributed by atoms with Crippen LogP contribution in [0.1, 0.15) is 5.56 Å². The molecular weight excluding hydrogens is 190 g/mol. The highest BCUT2D eigenvalue weighted by Gasteiger charge is 2.06. The first-order valence-corrected chi connectivity index (χ1v) is 4.69. The zero-order valence-corrected chi connectivity index (χ0v) is 7.96. The second kappa shape index (κ2) is 2.99. The molecule has 5 heteroatoms. The number of nitrogens with zero attached hydrogens (tertiary/aromatic N) is 4. The molecule has 0 saturated heterocycles. The lowest BCUT2D eigenvalue weighted by molar-refractivity contribution is 0.841. The van der Waals surface area contributed by atoms with Crippen molar-refractivity contribution in [1.29, 1.82) is 0 Å².